The molecule has 0 N–H and O–H groups in total. The van der Waals surface area contributed by atoms with Gasteiger partial charge >= 0.3 is 6.18 Å². The Morgan fingerprint density at radius 3 is 2.29 bits per heavy atom. The number of benzene rings is 2. The van der Waals surface area contributed by atoms with E-state index in [4.69, 9.17) is 0 Å². The SMILES string of the molecule is C=CCCc1ccc2c(c1)CCN(C(C)/C(=C/N=C)SCc1ccc(C(F)(F)F)cc1)CC2.CC. The van der Waals surface area contributed by atoms with Crippen LogP contribution in [-0.4, -0.2) is 30.7 Å². The Hall–Kier alpha value is -2.31. The number of alkyl halides is 3. The third-order valence-corrected chi connectivity index (χ3v) is 7.37. The van der Waals surface area contributed by atoms with Crippen molar-refractivity contribution < 1.29 is 13.2 Å². The quantitative estimate of drug-likeness (QED) is 0.254. The maximum Gasteiger partial charge on any atom is 0.416 e. The number of hydrogen-bond acceptors (Lipinski definition) is 3. The molecule has 1 aliphatic rings. The number of fused-ring (bicyclic) bond motifs is 1. The van der Waals surface area contributed by atoms with Crippen LogP contribution in [0.25, 0.3) is 0 Å². The minimum atomic E-state index is -4.31. The first-order valence-corrected chi connectivity index (χ1v) is 13.2. The predicted molar refractivity (Wildman–Crippen MR) is 145 cm³/mol. The number of thioether (sulfide) groups is 1. The van der Waals surface area contributed by atoms with Crippen LogP contribution in [0.2, 0.25) is 0 Å². The van der Waals surface area contributed by atoms with Crippen LogP contribution in [-0.2, 0) is 31.2 Å². The molecule has 0 aromatic heterocycles. The number of allylic oxidation sites excluding steroid dienone is 1. The van der Waals surface area contributed by atoms with Gasteiger partial charge in [0.1, 0.15) is 0 Å². The van der Waals surface area contributed by atoms with Gasteiger partial charge in [-0.2, -0.15) is 13.2 Å². The van der Waals surface area contributed by atoms with Gasteiger partial charge in [-0.3, -0.25) is 9.89 Å². The lowest BCUT2D eigenvalue weighted by molar-refractivity contribution is -0.137. The molecule has 3 rings (SSSR count). The Morgan fingerprint density at radius 1 is 1.06 bits per heavy atom. The Bertz CT molecular complexity index is 980. The van der Waals surface area contributed by atoms with Crippen molar-refractivity contribution in [3.05, 3.63) is 94.0 Å². The zero-order chi connectivity index (χ0) is 25.8. The average molecular weight is 503 g/mol. The van der Waals surface area contributed by atoms with Gasteiger partial charge in [-0.15, -0.1) is 18.3 Å². The molecule has 2 nitrogen and oxygen atoms in total. The zero-order valence-electron chi connectivity index (χ0n) is 21.1. The lowest BCUT2D eigenvalue weighted by Gasteiger charge is -2.29. The molecule has 0 bridgehead atoms. The summed E-state index contributed by atoms with van der Waals surface area (Å²) in [4.78, 5) is 7.53. The van der Waals surface area contributed by atoms with Crippen LogP contribution < -0.4 is 0 Å². The van der Waals surface area contributed by atoms with E-state index in [0.717, 1.165) is 61.4 Å². The van der Waals surface area contributed by atoms with E-state index < -0.39 is 11.7 Å². The largest absolute Gasteiger partial charge is 0.416 e. The van der Waals surface area contributed by atoms with Crippen LogP contribution in [0.1, 0.15) is 55.0 Å². The third kappa shape index (κ3) is 8.69. The maximum atomic E-state index is 12.8. The minimum absolute atomic E-state index is 0.157. The molecule has 1 unspecified atom stereocenters. The van der Waals surface area contributed by atoms with Gasteiger partial charge in [-0.1, -0.05) is 50.3 Å². The summed E-state index contributed by atoms with van der Waals surface area (Å²) < 4.78 is 38.4. The summed E-state index contributed by atoms with van der Waals surface area (Å²) in [6.07, 6.45) is 3.44. The topological polar surface area (TPSA) is 15.6 Å². The summed E-state index contributed by atoms with van der Waals surface area (Å²) in [5.74, 6) is 0.588. The van der Waals surface area contributed by atoms with Gasteiger partial charge in [0.25, 0.3) is 0 Å². The molecule has 0 fully saturated rings. The molecule has 0 amide bonds. The van der Waals surface area contributed by atoms with E-state index in [9.17, 15) is 13.2 Å². The highest BCUT2D eigenvalue weighted by molar-refractivity contribution is 8.02. The highest BCUT2D eigenvalue weighted by Crippen LogP contribution is 2.32. The molecule has 6 heteroatoms. The molecule has 1 atom stereocenters. The molecule has 2 aromatic rings. The van der Waals surface area contributed by atoms with E-state index in [1.165, 1.54) is 16.7 Å². The Morgan fingerprint density at radius 2 is 1.69 bits per heavy atom. The highest BCUT2D eigenvalue weighted by atomic mass is 32.2. The van der Waals surface area contributed by atoms with Gasteiger partial charge in [-0.05, 0) is 73.7 Å². The van der Waals surface area contributed by atoms with Crippen LogP contribution in [0, 0.1) is 0 Å². The van der Waals surface area contributed by atoms with E-state index in [-0.39, 0.29) is 6.04 Å². The number of hydrogen-bond donors (Lipinski definition) is 0. The van der Waals surface area contributed by atoms with E-state index in [0.29, 0.717) is 5.75 Å². The van der Waals surface area contributed by atoms with Gasteiger partial charge in [0.2, 0.25) is 0 Å². The predicted octanol–water partition coefficient (Wildman–Crippen LogP) is 8.11. The van der Waals surface area contributed by atoms with Crippen LogP contribution in [0.4, 0.5) is 13.2 Å². The molecule has 1 aliphatic heterocycles. The number of rotatable bonds is 9. The normalized spacial score (nSPS) is 15.3. The Labute approximate surface area is 213 Å². The number of aliphatic imine (C=N–C) groups is 1. The summed E-state index contributed by atoms with van der Waals surface area (Å²) in [7, 11) is 0. The molecule has 1 heterocycles. The summed E-state index contributed by atoms with van der Waals surface area (Å²) in [5.41, 5.74) is 4.43. The van der Waals surface area contributed by atoms with Crippen molar-refractivity contribution in [1.82, 2.24) is 4.90 Å². The molecule has 35 heavy (non-hydrogen) atoms. The molecule has 190 valence electrons. The average Bonchev–Trinajstić information content (AvgIpc) is 3.08. The van der Waals surface area contributed by atoms with Crippen molar-refractivity contribution in [1.29, 1.82) is 0 Å². The second kappa shape index (κ2) is 14.3. The number of aryl methyl sites for hydroxylation is 1. The van der Waals surface area contributed by atoms with Gasteiger partial charge in [0.15, 0.2) is 0 Å². The second-order valence-electron chi connectivity index (χ2n) is 8.34. The van der Waals surface area contributed by atoms with Crippen LogP contribution in [0.5, 0.6) is 0 Å². The van der Waals surface area contributed by atoms with Crippen molar-refractivity contribution in [2.45, 2.75) is 64.4 Å². The first-order valence-electron chi connectivity index (χ1n) is 12.2. The van der Waals surface area contributed by atoms with E-state index >= 15 is 0 Å². The van der Waals surface area contributed by atoms with Gasteiger partial charge in [0, 0.05) is 36.0 Å². The van der Waals surface area contributed by atoms with Crippen molar-refractivity contribution in [2.24, 2.45) is 4.99 Å². The molecule has 0 saturated carbocycles. The molecular formula is C29H37F3N2S. The van der Waals surface area contributed by atoms with Gasteiger partial charge < -0.3 is 0 Å². The minimum Gasteiger partial charge on any atom is -0.295 e. The van der Waals surface area contributed by atoms with Crippen LogP contribution >= 0.6 is 11.8 Å². The van der Waals surface area contributed by atoms with Crippen LogP contribution in [0.3, 0.4) is 0 Å². The lowest BCUT2D eigenvalue weighted by atomic mass is 9.98. The molecular weight excluding hydrogens is 465 g/mol. The standard InChI is InChI=1S/C27H31F3N2S.C2H6/c1-4-5-6-21-7-10-23-13-15-32(16-14-24(23)17-21)20(2)26(18-31-3)33-19-22-8-11-25(12-9-22)27(28,29)30;1-2/h4,7-12,17-18,20H,1,3,5-6,13-16,19H2,2H3;1-2H3/b26-18-;. The Kier molecular flexibility index (Phi) is 11.8. The smallest absolute Gasteiger partial charge is 0.295 e. The fourth-order valence-electron chi connectivity index (χ4n) is 4.10. The molecule has 0 spiro atoms. The molecule has 0 saturated heterocycles. The summed E-state index contributed by atoms with van der Waals surface area (Å²) in [5, 5.41) is 0. The van der Waals surface area contributed by atoms with Crippen molar-refractivity contribution in [3.63, 3.8) is 0 Å². The molecule has 2 aromatic carbocycles. The van der Waals surface area contributed by atoms with Crippen LogP contribution in [0.15, 0.2) is 71.2 Å². The first-order chi connectivity index (χ1) is 16.8. The maximum absolute atomic E-state index is 12.8. The van der Waals surface area contributed by atoms with Gasteiger partial charge in [0.05, 0.1) is 5.56 Å². The summed E-state index contributed by atoms with van der Waals surface area (Å²) >= 11 is 1.61. The molecule has 0 radical (unpaired) electrons. The van der Waals surface area contributed by atoms with E-state index in [1.807, 2.05) is 19.9 Å². The Balaban J connectivity index is 0.00000210. The summed E-state index contributed by atoms with van der Waals surface area (Å²) in [6, 6.07) is 12.4. The number of nitrogens with zero attached hydrogens (tertiary/aromatic N) is 2. The van der Waals surface area contributed by atoms with Crippen molar-refractivity contribution >= 4 is 18.5 Å². The molecule has 0 aliphatic carbocycles. The second-order valence-corrected chi connectivity index (χ2v) is 9.39. The fourth-order valence-corrected chi connectivity index (χ4v) is 5.16. The van der Waals surface area contributed by atoms with E-state index in [2.05, 4.69) is 48.3 Å². The fraction of sp³-hybridized carbons (Fsp3) is 0.414. The zero-order valence-corrected chi connectivity index (χ0v) is 21.9. The van der Waals surface area contributed by atoms with E-state index in [1.54, 1.807) is 30.1 Å². The monoisotopic (exact) mass is 502 g/mol. The number of halogens is 3. The van der Waals surface area contributed by atoms with Gasteiger partial charge in [-0.25, -0.2) is 0 Å². The third-order valence-electron chi connectivity index (χ3n) is 6.11. The van der Waals surface area contributed by atoms with Crippen molar-refractivity contribution in [2.75, 3.05) is 13.1 Å². The first kappa shape index (κ1) is 28.9. The highest BCUT2D eigenvalue weighted by Gasteiger charge is 2.30. The van der Waals surface area contributed by atoms with Crippen molar-refractivity contribution in [3.8, 4) is 0 Å². The lowest BCUT2D eigenvalue weighted by Crippen LogP contribution is -2.36. The summed E-state index contributed by atoms with van der Waals surface area (Å²) in [6.45, 7) is 15.5.